The summed E-state index contributed by atoms with van der Waals surface area (Å²) in [6, 6.07) is 8.29. The molecule has 0 aliphatic carbocycles. The van der Waals surface area contributed by atoms with Gasteiger partial charge in [0.2, 0.25) is 0 Å². The molecule has 1 heterocycles. The Morgan fingerprint density at radius 1 is 1.05 bits per heavy atom. The maximum absolute atomic E-state index is 4.80. The number of fused-ring (bicyclic) bond motifs is 2. The molecule has 3 rings (SSSR count). The van der Waals surface area contributed by atoms with E-state index in [1.165, 1.54) is 10.6 Å². The fourth-order valence-electron chi connectivity index (χ4n) is 2.53. The van der Waals surface area contributed by atoms with Gasteiger partial charge in [-0.25, -0.2) is 4.99 Å². The molecule has 1 aliphatic heterocycles. The van der Waals surface area contributed by atoms with E-state index in [2.05, 4.69) is 69.3 Å². The summed E-state index contributed by atoms with van der Waals surface area (Å²) >= 11 is 9.19. The van der Waals surface area contributed by atoms with Crippen LogP contribution in [-0.2, 0) is 0 Å². The Balaban J connectivity index is 2.20. The van der Waals surface area contributed by atoms with E-state index in [0.29, 0.717) is 0 Å². The predicted molar refractivity (Wildman–Crippen MR) is 102 cm³/mol. The van der Waals surface area contributed by atoms with Crippen molar-refractivity contribution in [3.63, 3.8) is 0 Å². The maximum Gasteiger partial charge on any atom is 0.0789 e. The first-order chi connectivity index (χ1) is 10.6. The molecule has 0 radical (unpaired) electrons. The topological polar surface area (TPSA) is 15.6 Å². The maximum atomic E-state index is 4.80. The van der Waals surface area contributed by atoms with E-state index < -0.39 is 0 Å². The zero-order valence-corrected chi connectivity index (χ0v) is 16.5. The molecule has 2 aromatic carbocycles. The summed E-state index contributed by atoms with van der Waals surface area (Å²) in [5.74, 6) is 0. The van der Waals surface area contributed by atoms with Gasteiger partial charge in [0.05, 0.1) is 31.0 Å². The molecule has 0 bridgehead atoms. The van der Waals surface area contributed by atoms with Crippen LogP contribution in [0.2, 0.25) is 0 Å². The molecule has 0 spiro atoms. The summed E-state index contributed by atoms with van der Waals surface area (Å²) in [6.45, 7) is 10.4. The van der Waals surface area contributed by atoms with Gasteiger partial charge in [0.1, 0.15) is 0 Å². The molecule has 2 nitrogen and oxygen atoms in total. The van der Waals surface area contributed by atoms with Crippen LogP contribution in [0.4, 0.5) is 11.4 Å². The Hall–Kier alpha value is -0.780. The highest BCUT2D eigenvalue weighted by molar-refractivity contribution is 9.11. The average molecular weight is 440 g/mol. The Kier molecular flexibility index (Phi) is 4.67. The predicted octanol–water partition coefficient (Wildman–Crippen LogP) is 4.88. The van der Waals surface area contributed by atoms with Crippen LogP contribution in [0.25, 0.3) is 6.58 Å². The highest BCUT2D eigenvalue weighted by atomic mass is 79.9. The summed E-state index contributed by atoms with van der Waals surface area (Å²) in [5, 5.41) is 1.99. The van der Waals surface area contributed by atoms with E-state index in [4.69, 9.17) is 4.99 Å². The monoisotopic (exact) mass is 438 g/mol. The van der Waals surface area contributed by atoms with Gasteiger partial charge in [-0.2, -0.15) is 0 Å². The van der Waals surface area contributed by atoms with Crippen LogP contribution in [0.5, 0.6) is 0 Å². The van der Waals surface area contributed by atoms with Crippen LogP contribution in [0.1, 0.15) is 13.8 Å². The minimum absolute atomic E-state index is 0.985. The lowest BCUT2D eigenvalue weighted by molar-refractivity contribution is 0.860. The van der Waals surface area contributed by atoms with Crippen molar-refractivity contribution in [2.24, 2.45) is 4.99 Å². The van der Waals surface area contributed by atoms with E-state index in [-0.39, 0.29) is 0 Å². The molecular formula is C17H16Br2N2S. The lowest BCUT2D eigenvalue weighted by atomic mass is 10.2. The molecule has 0 saturated carbocycles. The number of halogens is 2. The van der Waals surface area contributed by atoms with Crippen molar-refractivity contribution in [2.75, 3.05) is 18.0 Å². The molecule has 0 aromatic heterocycles. The number of nitrogens with zero attached hydrogens (tertiary/aromatic N) is 2. The van der Waals surface area contributed by atoms with Gasteiger partial charge in [0, 0.05) is 17.6 Å². The van der Waals surface area contributed by atoms with Gasteiger partial charge < -0.3 is 4.90 Å². The molecule has 0 amide bonds. The second-order valence-electron chi connectivity index (χ2n) is 5.02. The van der Waals surface area contributed by atoms with Gasteiger partial charge in [-0.05, 0) is 69.1 Å². The van der Waals surface area contributed by atoms with Crippen molar-refractivity contribution in [2.45, 2.75) is 23.6 Å². The molecule has 0 atom stereocenters. The van der Waals surface area contributed by atoms with Crippen molar-refractivity contribution in [1.29, 1.82) is 0 Å². The van der Waals surface area contributed by atoms with Crippen molar-refractivity contribution >= 4 is 61.6 Å². The molecule has 22 heavy (non-hydrogen) atoms. The third-order valence-corrected chi connectivity index (χ3v) is 7.23. The molecule has 0 unspecified atom stereocenters. The van der Waals surface area contributed by atoms with Gasteiger partial charge in [-0.15, -0.1) is 0 Å². The molecule has 0 fully saturated rings. The molecule has 5 heteroatoms. The highest BCUT2D eigenvalue weighted by Crippen LogP contribution is 2.46. The summed E-state index contributed by atoms with van der Waals surface area (Å²) in [4.78, 5) is 9.44. The Bertz CT molecular complexity index is 845. The number of benzene rings is 2. The van der Waals surface area contributed by atoms with Crippen LogP contribution in [0.15, 0.2) is 48.0 Å². The normalized spacial score (nSPS) is 12.4. The second kappa shape index (κ2) is 6.38. The second-order valence-corrected chi connectivity index (χ2v) is 7.63. The highest BCUT2D eigenvalue weighted by Gasteiger charge is 2.20. The summed E-state index contributed by atoms with van der Waals surface area (Å²) in [6.07, 6.45) is 0. The first-order valence-electron chi connectivity index (χ1n) is 7.18. The fraction of sp³-hybridized carbons (Fsp3) is 0.235. The largest absolute Gasteiger partial charge is 0.371 e. The molecule has 2 aromatic rings. The van der Waals surface area contributed by atoms with Crippen LogP contribution < -0.4 is 15.5 Å². The van der Waals surface area contributed by atoms with Crippen molar-refractivity contribution in [1.82, 2.24) is 0 Å². The molecule has 114 valence electrons. The van der Waals surface area contributed by atoms with Gasteiger partial charge >= 0.3 is 0 Å². The summed E-state index contributed by atoms with van der Waals surface area (Å²) in [7, 11) is 0. The SMILES string of the molecule is C=c1ccc2c(c1Br)Sc1c(ccc(N(CC)CC)c1Br)N=2. The van der Waals surface area contributed by atoms with E-state index >= 15 is 0 Å². The van der Waals surface area contributed by atoms with E-state index in [9.17, 15) is 0 Å². The number of anilines is 1. The Labute approximate surface area is 151 Å². The number of rotatable bonds is 3. The summed E-state index contributed by atoms with van der Waals surface area (Å²) < 4.78 is 2.15. The number of hydrogen-bond acceptors (Lipinski definition) is 3. The van der Waals surface area contributed by atoms with Crippen molar-refractivity contribution in [3.8, 4) is 0 Å². The first kappa shape index (κ1) is 16.1. The van der Waals surface area contributed by atoms with Crippen LogP contribution in [-0.4, -0.2) is 13.1 Å². The van der Waals surface area contributed by atoms with Crippen LogP contribution in [0.3, 0.4) is 0 Å². The van der Waals surface area contributed by atoms with Gasteiger partial charge in [0.25, 0.3) is 0 Å². The average Bonchev–Trinajstić information content (AvgIpc) is 2.53. The van der Waals surface area contributed by atoms with Crippen LogP contribution in [0, 0.1) is 0 Å². The first-order valence-corrected chi connectivity index (χ1v) is 9.58. The zero-order chi connectivity index (χ0) is 15.9. The Morgan fingerprint density at radius 2 is 1.77 bits per heavy atom. The van der Waals surface area contributed by atoms with Gasteiger partial charge in [-0.3, -0.25) is 0 Å². The van der Waals surface area contributed by atoms with Gasteiger partial charge in [-0.1, -0.05) is 24.4 Å². The van der Waals surface area contributed by atoms with Crippen molar-refractivity contribution < 1.29 is 0 Å². The lowest BCUT2D eigenvalue weighted by Gasteiger charge is -2.25. The van der Waals surface area contributed by atoms with E-state index in [1.807, 2.05) is 12.1 Å². The fourth-order valence-corrected chi connectivity index (χ4v) is 5.00. The summed E-state index contributed by atoms with van der Waals surface area (Å²) in [5.41, 5.74) is 2.24. The molecule has 0 saturated heterocycles. The molecule has 1 aliphatic rings. The lowest BCUT2D eigenvalue weighted by Crippen LogP contribution is -2.22. The van der Waals surface area contributed by atoms with E-state index in [1.54, 1.807) is 11.8 Å². The third kappa shape index (κ3) is 2.63. The van der Waals surface area contributed by atoms with Crippen molar-refractivity contribution in [3.05, 3.63) is 43.8 Å². The Morgan fingerprint density at radius 3 is 2.45 bits per heavy atom. The van der Waals surface area contributed by atoms with Gasteiger partial charge in [0.15, 0.2) is 0 Å². The van der Waals surface area contributed by atoms with E-state index in [0.717, 1.165) is 43.2 Å². The third-order valence-electron chi connectivity index (χ3n) is 3.76. The smallest absolute Gasteiger partial charge is 0.0789 e. The quantitative estimate of drug-likeness (QED) is 0.577. The van der Waals surface area contributed by atoms with Crippen LogP contribution >= 0.6 is 43.6 Å². The molecule has 0 N–H and O–H groups in total. The number of hydrogen-bond donors (Lipinski definition) is 0. The standard InChI is InChI=1S/C17H16Br2N2S/c1-4-21(5-2)13-9-8-12-17(15(13)19)22-16-11(20-12)7-6-10(3)14(16)18/h6-9H,3-5H2,1-2H3. The minimum atomic E-state index is 0.985. The zero-order valence-electron chi connectivity index (χ0n) is 12.5. The minimum Gasteiger partial charge on any atom is -0.371 e. The molecular weight excluding hydrogens is 424 g/mol.